The van der Waals surface area contributed by atoms with Gasteiger partial charge in [0.25, 0.3) is 0 Å². The zero-order valence-corrected chi connectivity index (χ0v) is 13.4. The molecular formula is C15H14BrClO3. The minimum Gasteiger partial charge on any atom is -0.495 e. The lowest BCUT2D eigenvalue weighted by molar-refractivity contribution is 0.214. The van der Waals surface area contributed by atoms with Gasteiger partial charge in [-0.05, 0) is 29.8 Å². The van der Waals surface area contributed by atoms with Gasteiger partial charge in [0.2, 0.25) is 0 Å². The lowest BCUT2D eigenvalue weighted by atomic mass is 10.0. The molecule has 0 aromatic heterocycles. The lowest BCUT2D eigenvalue weighted by Gasteiger charge is -2.18. The maximum atomic E-state index is 10.5. The second-order valence-corrected chi connectivity index (χ2v) is 5.46. The van der Waals surface area contributed by atoms with Gasteiger partial charge >= 0.3 is 0 Å². The van der Waals surface area contributed by atoms with Crippen LogP contribution in [0.2, 0.25) is 5.02 Å². The predicted molar refractivity (Wildman–Crippen MR) is 82.8 cm³/mol. The second-order valence-electron chi connectivity index (χ2n) is 4.16. The molecule has 2 aromatic carbocycles. The van der Waals surface area contributed by atoms with E-state index >= 15 is 0 Å². The number of aliphatic hydroxyl groups is 1. The van der Waals surface area contributed by atoms with Gasteiger partial charge in [0.1, 0.15) is 22.6 Å². The highest BCUT2D eigenvalue weighted by Crippen LogP contribution is 2.41. The Morgan fingerprint density at radius 1 is 1.15 bits per heavy atom. The largest absolute Gasteiger partial charge is 0.495 e. The maximum Gasteiger partial charge on any atom is 0.147 e. The molecule has 0 aliphatic rings. The molecule has 3 nitrogen and oxygen atoms in total. The fourth-order valence-electron chi connectivity index (χ4n) is 1.99. The van der Waals surface area contributed by atoms with Crippen LogP contribution in [-0.2, 0) is 0 Å². The molecule has 106 valence electrons. The van der Waals surface area contributed by atoms with E-state index < -0.39 is 6.10 Å². The SMILES string of the molecule is COc1ccc(C(O)c2cccc(Br)c2)c(OC)c1Cl. The van der Waals surface area contributed by atoms with Gasteiger partial charge in [0.05, 0.1) is 14.2 Å². The van der Waals surface area contributed by atoms with E-state index in [-0.39, 0.29) is 0 Å². The molecule has 0 aliphatic heterocycles. The molecule has 0 heterocycles. The maximum absolute atomic E-state index is 10.5. The summed E-state index contributed by atoms with van der Waals surface area (Å²) >= 11 is 9.59. The van der Waals surface area contributed by atoms with E-state index in [0.717, 1.165) is 10.0 Å². The lowest BCUT2D eigenvalue weighted by Crippen LogP contribution is -2.03. The van der Waals surface area contributed by atoms with Crippen LogP contribution in [0, 0.1) is 0 Å². The number of halogens is 2. The Labute approximate surface area is 131 Å². The number of hydrogen-bond donors (Lipinski definition) is 1. The van der Waals surface area contributed by atoms with Crippen molar-refractivity contribution in [1.82, 2.24) is 0 Å². The summed E-state index contributed by atoms with van der Waals surface area (Å²) in [5, 5.41) is 10.9. The highest BCUT2D eigenvalue weighted by Gasteiger charge is 2.20. The van der Waals surface area contributed by atoms with Gasteiger partial charge in [-0.2, -0.15) is 0 Å². The molecule has 0 amide bonds. The van der Waals surface area contributed by atoms with Crippen molar-refractivity contribution in [1.29, 1.82) is 0 Å². The minimum atomic E-state index is -0.828. The fourth-order valence-corrected chi connectivity index (χ4v) is 2.73. The first-order valence-electron chi connectivity index (χ1n) is 5.92. The molecule has 0 radical (unpaired) electrons. The Morgan fingerprint density at radius 2 is 1.90 bits per heavy atom. The molecule has 0 saturated heterocycles. The summed E-state index contributed by atoms with van der Waals surface area (Å²) in [6.07, 6.45) is -0.828. The summed E-state index contributed by atoms with van der Waals surface area (Å²) in [6.45, 7) is 0. The highest BCUT2D eigenvalue weighted by atomic mass is 79.9. The van der Waals surface area contributed by atoms with E-state index in [4.69, 9.17) is 21.1 Å². The zero-order chi connectivity index (χ0) is 14.7. The summed E-state index contributed by atoms with van der Waals surface area (Å²) in [5.74, 6) is 0.923. The third kappa shape index (κ3) is 2.92. The van der Waals surface area contributed by atoms with Crippen LogP contribution in [0.4, 0.5) is 0 Å². The predicted octanol–water partition coefficient (Wildman–Crippen LogP) is 4.20. The molecule has 0 fully saturated rings. The minimum absolute atomic E-state index is 0.349. The monoisotopic (exact) mass is 356 g/mol. The van der Waals surface area contributed by atoms with E-state index in [1.54, 1.807) is 12.1 Å². The van der Waals surface area contributed by atoms with Crippen molar-refractivity contribution in [2.75, 3.05) is 14.2 Å². The third-order valence-electron chi connectivity index (χ3n) is 2.98. The van der Waals surface area contributed by atoms with E-state index in [2.05, 4.69) is 15.9 Å². The topological polar surface area (TPSA) is 38.7 Å². The average molecular weight is 358 g/mol. The number of hydrogen-bond acceptors (Lipinski definition) is 3. The first-order chi connectivity index (χ1) is 9.58. The molecule has 5 heteroatoms. The number of benzene rings is 2. The normalized spacial score (nSPS) is 12.1. The zero-order valence-electron chi connectivity index (χ0n) is 11.1. The van der Waals surface area contributed by atoms with Crippen LogP contribution in [0.1, 0.15) is 17.2 Å². The van der Waals surface area contributed by atoms with Gasteiger partial charge in [-0.3, -0.25) is 0 Å². The van der Waals surface area contributed by atoms with Crippen molar-refractivity contribution < 1.29 is 14.6 Å². The van der Waals surface area contributed by atoms with Crippen molar-refractivity contribution in [2.45, 2.75) is 6.10 Å². The van der Waals surface area contributed by atoms with E-state index in [9.17, 15) is 5.11 Å². The van der Waals surface area contributed by atoms with Crippen LogP contribution in [0.3, 0.4) is 0 Å². The molecular weight excluding hydrogens is 344 g/mol. The van der Waals surface area contributed by atoms with Crippen LogP contribution >= 0.6 is 27.5 Å². The Balaban J connectivity index is 2.49. The van der Waals surface area contributed by atoms with E-state index in [1.165, 1.54) is 14.2 Å². The van der Waals surface area contributed by atoms with Gasteiger partial charge in [-0.1, -0.05) is 39.7 Å². The average Bonchev–Trinajstić information content (AvgIpc) is 2.46. The molecule has 1 N–H and O–H groups in total. The van der Waals surface area contributed by atoms with Crippen molar-refractivity contribution >= 4 is 27.5 Å². The van der Waals surface area contributed by atoms with Crippen molar-refractivity contribution in [3.8, 4) is 11.5 Å². The Bertz CT molecular complexity index is 616. The smallest absolute Gasteiger partial charge is 0.147 e. The van der Waals surface area contributed by atoms with E-state index in [1.807, 2.05) is 24.3 Å². The quantitative estimate of drug-likeness (QED) is 0.891. The Morgan fingerprint density at radius 3 is 2.50 bits per heavy atom. The van der Waals surface area contributed by atoms with Crippen molar-refractivity contribution in [2.24, 2.45) is 0 Å². The second kappa shape index (κ2) is 6.48. The number of rotatable bonds is 4. The van der Waals surface area contributed by atoms with Gasteiger partial charge < -0.3 is 14.6 Å². The number of aliphatic hydroxyl groups excluding tert-OH is 1. The first-order valence-corrected chi connectivity index (χ1v) is 7.09. The van der Waals surface area contributed by atoms with Crippen LogP contribution in [0.15, 0.2) is 40.9 Å². The van der Waals surface area contributed by atoms with Crippen LogP contribution in [-0.4, -0.2) is 19.3 Å². The van der Waals surface area contributed by atoms with Gasteiger partial charge in [0.15, 0.2) is 0 Å². The molecule has 1 unspecified atom stereocenters. The summed E-state index contributed by atoms with van der Waals surface area (Å²) in [7, 11) is 3.04. The first kappa shape index (κ1) is 15.2. The van der Waals surface area contributed by atoms with E-state index in [0.29, 0.717) is 22.1 Å². The summed E-state index contributed by atoms with van der Waals surface area (Å²) < 4.78 is 11.3. The number of methoxy groups -OCH3 is 2. The molecule has 0 aliphatic carbocycles. The molecule has 2 aromatic rings. The highest BCUT2D eigenvalue weighted by molar-refractivity contribution is 9.10. The van der Waals surface area contributed by atoms with Gasteiger partial charge in [-0.25, -0.2) is 0 Å². The van der Waals surface area contributed by atoms with Gasteiger partial charge in [0, 0.05) is 10.0 Å². The fraction of sp³-hybridized carbons (Fsp3) is 0.200. The summed E-state index contributed by atoms with van der Waals surface area (Å²) in [5.41, 5.74) is 1.34. The van der Waals surface area contributed by atoms with Crippen LogP contribution in [0.5, 0.6) is 11.5 Å². The molecule has 0 spiro atoms. The van der Waals surface area contributed by atoms with Crippen LogP contribution < -0.4 is 9.47 Å². The van der Waals surface area contributed by atoms with Crippen LogP contribution in [0.25, 0.3) is 0 Å². The Kier molecular flexibility index (Phi) is 4.91. The molecule has 20 heavy (non-hydrogen) atoms. The third-order valence-corrected chi connectivity index (χ3v) is 3.83. The Hall–Kier alpha value is -1.23. The molecule has 0 saturated carbocycles. The molecule has 1 atom stereocenters. The van der Waals surface area contributed by atoms with Crippen molar-refractivity contribution in [3.63, 3.8) is 0 Å². The van der Waals surface area contributed by atoms with Gasteiger partial charge in [-0.15, -0.1) is 0 Å². The molecule has 0 bridgehead atoms. The molecule has 2 rings (SSSR count). The number of ether oxygens (including phenoxy) is 2. The van der Waals surface area contributed by atoms with Crippen molar-refractivity contribution in [3.05, 3.63) is 57.0 Å². The summed E-state index contributed by atoms with van der Waals surface area (Å²) in [6, 6.07) is 10.9. The summed E-state index contributed by atoms with van der Waals surface area (Å²) in [4.78, 5) is 0. The standard InChI is InChI=1S/C15H14BrClO3/c1-19-12-7-6-11(15(20-2)13(12)17)14(18)9-4-3-5-10(16)8-9/h3-8,14,18H,1-2H3.